The molecule has 11 heavy (non-hydrogen) atoms. The van der Waals surface area contributed by atoms with Crippen LogP contribution in [0.5, 0.6) is 0 Å². The second-order valence-corrected chi connectivity index (χ2v) is 2.75. The van der Waals surface area contributed by atoms with E-state index in [1.807, 2.05) is 35.7 Å². The van der Waals surface area contributed by atoms with Gasteiger partial charge in [0.1, 0.15) is 5.40 Å². The molecule has 0 heterocycles. The molecule has 1 aromatic carbocycles. The van der Waals surface area contributed by atoms with Gasteiger partial charge in [-0.25, -0.2) is 0 Å². The number of rotatable bonds is 2. The lowest BCUT2D eigenvalue weighted by atomic mass is 10.2. The maximum atomic E-state index is 8.31. The SMILES string of the molecule is [CH]=C(SC#N)c1ccccc1. The summed E-state index contributed by atoms with van der Waals surface area (Å²) in [7, 11) is 0. The van der Waals surface area contributed by atoms with E-state index in [0.29, 0.717) is 4.91 Å². The smallest absolute Gasteiger partial charge is 0.138 e. The van der Waals surface area contributed by atoms with Gasteiger partial charge in [-0.3, -0.25) is 0 Å². The molecule has 0 aliphatic carbocycles. The molecule has 0 saturated carbocycles. The molecule has 0 aliphatic rings. The first-order valence-corrected chi connectivity index (χ1v) is 3.90. The molecule has 0 bridgehead atoms. The summed E-state index contributed by atoms with van der Waals surface area (Å²) in [5.41, 5.74) is 0.902. The van der Waals surface area contributed by atoms with Crippen molar-refractivity contribution in [3.05, 3.63) is 42.5 Å². The second-order valence-electron chi connectivity index (χ2n) is 1.92. The van der Waals surface area contributed by atoms with Crippen LogP contribution >= 0.6 is 11.8 Å². The zero-order chi connectivity index (χ0) is 8.10. The van der Waals surface area contributed by atoms with E-state index in [2.05, 4.69) is 0 Å². The van der Waals surface area contributed by atoms with Crippen LogP contribution in [0.2, 0.25) is 0 Å². The van der Waals surface area contributed by atoms with Crippen LogP contribution in [-0.2, 0) is 0 Å². The summed E-state index contributed by atoms with van der Waals surface area (Å²) >= 11 is 0.984. The lowest BCUT2D eigenvalue weighted by Gasteiger charge is -1.96. The van der Waals surface area contributed by atoms with Gasteiger partial charge in [0.25, 0.3) is 0 Å². The van der Waals surface area contributed by atoms with Crippen LogP contribution in [0.15, 0.2) is 30.3 Å². The zero-order valence-electron chi connectivity index (χ0n) is 5.82. The van der Waals surface area contributed by atoms with Gasteiger partial charge >= 0.3 is 0 Å². The van der Waals surface area contributed by atoms with Crippen molar-refractivity contribution in [1.29, 1.82) is 5.26 Å². The minimum absolute atomic E-state index is 0.549. The van der Waals surface area contributed by atoms with Crippen molar-refractivity contribution in [3.63, 3.8) is 0 Å². The Kier molecular flexibility index (Phi) is 2.76. The fourth-order valence-corrected chi connectivity index (χ4v) is 1.06. The summed E-state index contributed by atoms with van der Waals surface area (Å²) in [6, 6.07) is 9.44. The van der Waals surface area contributed by atoms with E-state index in [9.17, 15) is 0 Å². The van der Waals surface area contributed by atoms with Gasteiger partial charge in [0.05, 0.1) is 0 Å². The molecule has 0 amide bonds. The Morgan fingerprint density at radius 1 is 1.36 bits per heavy atom. The number of hydrogen-bond donors (Lipinski definition) is 0. The highest BCUT2D eigenvalue weighted by molar-refractivity contribution is 8.12. The van der Waals surface area contributed by atoms with E-state index in [4.69, 9.17) is 11.8 Å². The summed E-state index contributed by atoms with van der Waals surface area (Å²) in [5, 5.41) is 10.2. The molecule has 1 nitrogen and oxygen atoms in total. The first kappa shape index (κ1) is 7.90. The summed E-state index contributed by atoms with van der Waals surface area (Å²) in [5.74, 6) is 0. The first-order valence-electron chi connectivity index (χ1n) is 3.08. The number of nitriles is 1. The molecule has 1 rings (SSSR count). The van der Waals surface area contributed by atoms with Gasteiger partial charge < -0.3 is 0 Å². The molecule has 0 atom stereocenters. The topological polar surface area (TPSA) is 23.8 Å². The van der Waals surface area contributed by atoms with Crippen molar-refractivity contribution in [3.8, 4) is 5.40 Å². The highest BCUT2D eigenvalue weighted by atomic mass is 32.2. The van der Waals surface area contributed by atoms with Gasteiger partial charge in [-0.2, -0.15) is 5.26 Å². The third-order valence-electron chi connectivity index (χ3n) is 1.21. The molecule has 0 spiro atoms. The fourth-order valence-electron chi connectivity index (χ4n) is 0.711. The Labute approximate surface area is 70.4 Å². The van der Waals surface area contributed by atoms with Gasteiger partial charge in [0.15, 0.2) is 0 Å². The lowest BCUT2D eigenvalue weighted by molar-refractivity contribution is 1.57. The van der Waals surface area contributed by atoms with Crippen LogP contribution < -0.4 is 0 Å². The first-order chi connectivity index (χ1) is 5.34. The molecule has 0 aliphatic heterocycles. The standard InChI is InChI=1S/C9H6NS/c1-8(11-7-10)9-5-3-2-4-6-9/h1-6H. The quantitative estimate of drug-likeness (QED) is 0.621. The Hall–Kier alpha value is -1.20. The van der Waals surface area contributed by atoms with E-state index in [0.717, 1.165) is 17.3 Å². The van der Waals surface area contributed by atoms with Crippen molar-refractivity contribution in [2.45, 2.75) is 0 Å². The molecule has 0 unspecified atom stereocenters. The maximum absolute atomic E-state index is 8.31. The summed E-state index contributed by atoms with van der Waals surface area (Å²) in [6.45, 7) is 5.56. The summed E-state index contributed by atoms with van der Waals surface area (Å²) in [4.78, 5) is 0.549. The van der Waals surface area contributed by atoms with Crippen LogP contribution in [-0.4, -0.2) is 0 Å². The van der Waals surface area contributed by atoms with E-state index in [-0.39, 0.29) is 0 Å². The van der Waals surface area contributed by atoms with Crippen molar-refractivity contribution in [1.82, 2.24) is 0 Å². The van der Waals surface area contributed by atoms with Crippen LogP contribution in [0.3, 0.4) is 0 Å². The normalized spacial score (nSPS) is 8.64. The molecule has 53 valence electrons. The Morgan fingerprint density at radius 3 is 2.55 bits per heavy atom. The minimum atomic E-state index is 0.549. The largest absolute Gasteiger partial charge is 0.185 e. The number of thiocyanates is 1. The third-order valence-corrected chi connectivity index (χ3v) is 1.76. The zero-order valence-corrected chi connectivity index (χ0v) is 6.64. The molecule has 1 aromatic rings. The average Bonchev–Trinajstić information content (AvgIpc) is 2.07. The van der Waals surface area contributed by atoms with Crippen LogP contribution in [0.25, 0.3) is 4.91 Å². The van der Waals surface area contributed by atoms with Crippen LogP contribution in [0, 0.1) is 17.2 Å². The van der Waals surface area contributed by atoms with E-state index < -0.39 is 0 Å². The Balaban J connectivity index is 2.79. The predicted octanol–water partition coefficient (Wildman–Crippen LogP) is 2.67. The third kappa shape index (κ3) is 2.14. The van der Waals surface area contributed by atoms with Gasteiger partial charge in [0, 0.05) is 4.91 Å². The van der Waals surface area contributed by atoms with Crippen molar-refractivity contribution >= 4 is 16.7 Å². The molecule has 2 heteroatoms. The summed E-state index contributed by atoms with van der Waals surface area (Å²) < 4.78 is 0. The molecule has 0 aromatic heterocycles. The van der Waals surface area contributed by atoms with Crippen molar-refractivity contribution in [2.75, 3.05) is 0 Å². The monoisotopic (exact) mass is 160 g/mol. The molecule has 0 saturated heterocycles. The highest BCUT2D eigenvalue weighted by Crippen LogP contribution is 2.22. The fraction of sp³-hybridized carbons (Fsp3) is 0. The number of nitrogens with zero attached hydrogens (tertiary/aromatic N) is 1. The summed E-state index contributed by atoms with van der Waals surface area (Å²) in [6.07, 6.45) is 0. The van der Waals surface area contributed by atoms with E-state index >= 15 is 0 Å². The van der Waals surface area contributed by atoms with E-state index in [1.54, 1.807) is 0 Å². The second kappa shape index (κ2) is 3.85. The van der Waals surface area contributed by atoms with Crippen molar-refractivity contribution < 1.29 is 0 Å². The van der Waals surface area contributed by atoms with Gasteiger partial charge in [-0.1, -0.05) is 30.3 Å². The minimum Gasteiger partial charge on any atom is -0.185 e. The van der Waals surface area contributed by atoms with Crippen LogP contribution in [0.1, 0.15) is 5.56 Å². The van der Waals surface area contributed by atoms with Gasteiger partial charge in [-0.15, -0.1) is 0 Å². The predicted molar refractivity (Wildman–Crippen MR) is 47.4 cm³/mol. The maximum Gasteiger partial charge on any atom is 0.138 e. The number of thioether (sulfide) groups is 1. The van der Waals surface area contributed by atoms with E-state index in [1.165, 1.54) is 0 Å². The average molecular weight is 160 g/mol. The molecule has 0 N–H and O–H groups in total. The molecular weight excluding hydrogens is 154 g/mol. The van der Waals surface area contributed by atoms with Gasteiger partial charge in [0.2, 0.25) is 0 Å². The van der Waals surface area contributed by atoms with Crippen molar-refractivity contribution in [2.24, 2.45) is 0 Å². The Morgan fingerprint density at radius 2 is 2.00 bits per heavy atom. The molecule has 0 fully saturated rings. The number of benzene rings is 1. The highest BCUT2D eigenvalue weighted by Gasteiger charge is 1.95. The lowest BCUT2D eigenvalue weighted by Crippen LogP contribution is -1.73. The molecule has 1 radical (unpaired) electrons. The van der Waals surface area contributed by atoms with Crippen LogP contribution in [0.4, 0.5) is 0 Å². The molecular formula is C9H6NS. The number of hydrogen-bond acceptors (Lipinski definition) is 2. The Bertz CT molecular complexity index is 284. The van der Waals surface area contributed by atoms with Gasteiger partial charge in [-0.05, 0) is 23.9 Å².